The number of benzene rings is 1. The van der Waals surface area contributed by atoms with Gasteiger partial charge in [0, 0.05) is 6.20 Å². The Hall–Kier alpha value is -2.35. The minimum Gasteiger partial charge on any atom is -0.477 e. The molecule has 5 nitrogen and oxygen atoms in total. The predicted molar refractivity (Wildman–Crippen MR) is 73.9 cm³/mol. The largest absolute Gasteiger partial charge is 0.477 e. The lowest BCUT2D eigenvalue weighted by molar-refractivity contribution is -0.137. The number of nitrogens with two attached hydrogens (primary N) is 1. The second kappa shape index (κ2) is 5.80. The molecule has 0 spiro atoms. The number of carbonyl (C=O) groups is 1. The van der Waals surface area contributed by atoms with E-state index in [-0.39, 0.29) is 5.71 Å². The quantitative estimate of drug-likeness (QED) is 0.898. The second-order valence-electron chi connectivity index (χ2n) is 4.80. The molecule has 1 aliphatic rings. The first-order valence-corrected chi connectivity index (χ1v) is 6.39. The molecule has 118 valence electrons. The van der Waals surface area contributed by atoms with Gasteiger partial charge in [-0.1, -0.05) is 12.1 Å². The molecule has 2 rings (SSSR count). The fourth-order valence-corrected chi connectivity index (χ4v) is 2.13. The molecular weight excluding hydrogens is 299 g/mol. The second-order valence-corrected chi connectivity index (χ2v) is 4.80. The molecule has 0 aliphatic carbocycles. The van der Waals surface area contributed by atoms with Crippen molar-refractivity contribution in [1.82, 2.24) is 4.90 Å². The molecule has 2 atom stereocenters. The maximum atomic E-state index is 12.8. The van der Waals surface area contributed by atoms with Gasteiger partial charge in [0.25, 0.3) is 0 Å². The van der Waals surface area contributed by atoms with Crippen LogP contribution >= 0.6 is 0 Å². The van der Waals surface area contributed by atoms with E-state index < -0.39 is 30.0 Å². The number of carboxylic acid groups (broad SMARTS) is 1. The molecule has 0 saturated carbocycles. The van der Waals surface area contributed by atoms with Crippen LogP contribution in [0.25, 0.3) is 0 Å². The molecule has 0 radical (unpaired) electrons. The Morgan fingerprint density at radius 3 is 2.68 bits per heavy atom. The van der Waals surface area contributed by atoms with Gasteiger partial charge in [0.05, 0.1) is 11.6 Å². The van der Waals surface area contributed by atoms with Crippen LogP contribution in [-0.2, 0) is 11.0 Å². The van der Waals surface area contributed by atoms with Crippen molar-refractivity contribution in [2.45, 2.75) is 25.4 Å². The minimum atomic E-state index is -4.43. The monoisotopic (exact) mass is 313 g/mol. The minimum absolute atomic E-state index is 0.194. The highest BCUT2D eigenvalue weighted by Gasteiger charge is 2.31. The van der Waals surface area contributed by atoms with Gasteiger partial charge in [-0.05, 0) is 30.7 Å². The van der Waals surface area contributed by atoms with E-state index in [4.69, 9.17) is 10.8 Å². The Morgan fingerprint density at radius 2 is 2.14 bits per heavy atom. The Balaban J connectivity index is 2.25. The van der Waals surface area contributed by atoms with Crippen LogP contribution < -0.4 is 5.73 Å². The van der Waals surface area contributed by atoms with Gasteiger partial charge in [0.2, 0.25) is 0 Å². The molecule has 3 N–H and O–H groups in total. The number of aliphatic imine (C=N–C) groups is 1. The Kier molecular flexibility index (Phi) is 4.23. The van der Waals surface area contributed by atoms with Gasteiger partial charge < -0.3 is 10.0 Å². The zero-order valence-electron chi connectivity index (χ0n) is 11.6. The van der Waals surface area contributed by atoms with Crippen molar-refractivity contribution < 1.29 is 23.1 Å². The van der Waals surface area contributed by atoms with Crippen molar-refractivity contribution in [3.05, 3.63) is 47.7 Å². The van der Waals surface area contributed by atoms with Crippen LogP contribution in [0.4, 0.5) is 13.2 Å². The van der Waals surface area contributed by atoms with Crippen molar-refractivity contribution in [3.8, 4) is 0 Å². The van der Waals surface area contributed by atoms with E-state index in [0.29, 0.717) is 5.56 Å². The van der Waals surface area contributed by atoms with Crippen LogP contribution in [-0.4, -0.2) is 28.0 Å². The lowest BCUT2D eigenvalue weighted by Gasteiger charge is -2.33. The molecule has 8 heteroatoms. The molecule has 0 saturated heterocycles. The molecule has 1 unspecified atom stereocenters. The van der Waals surface area contributed by atoms with Crippen LogP contribution in [0.15, 0.2) is 41.5 Å². The summed E-state index contributed by atoms with van der Waals surface area (Å²) < 4.78 is 38.3. The van der Waals surface area contributed by atoms with Gasteiger partial charge in [-0.25, -0.2) is 9.79 Å². The van der Waals surface area contributed by atoms with E-state index in [0.717, 1.165) is 12.1 Å². The van der Waals surface area contributed by atoms with Crippen LogP contribution in [0.5, 0.6) is 0 Å². The predicted octanol–water partition coefficient (Wildman–Crippen LogP) is 2.36. The topological polar surface area (TPSA) is 78.9 Å². The fraction of sp³-hybridized carbons (Fsp3) is 0.286. The van der Waals surface area contributed by atoms with E-state index in [1.807, 2.05) is 0 Å². The molecule has 1 heterocycles. The number of carboxylic acids is 1. The number of aliphatic carboxylic acids is 1. The molecule has 1 aliphatic heterocycles. The number of alkyl halides is 3. The zero-order valence-corrected chi connectivity index (χ0v) is 11.6. The third-order valence-electron chi connectivity index (χ3n) is 3.34. The highest BCUT2D eigenvalue weighted by molar-refractivity contribution is 6.40. The van der Waals surface area contributed by atoms with Crippen molar-refractivity contribution in [2.75, 3.05) is 0 Å². The normalized spacial score (nSPS) is 19.8. The van der Waals surface area contributed by atoms with Gasteiger partial charge in [-0.3, -0.25) is 5.73 Å². The number of hydrogen-bond acceptors (Lipinski definition) is 4. The van der Waals surface area contributed by atoms with Crippen LogP contribution in [0.3, 0.4) is 0 Å². The van der Waals surface area contributed by atoms with Gasteiger partial charge in [0.15, 0.2) is 6.29 Å². The van der Waals surface area contributed by atoms with Crippen molar-refractivity contribution in [1.29, 1.82) is 0 Å². The van der Waals surface area contributed by atoms with E-state index in [1.54, 1.807) is 13.0 Å². The lowest BCUT2D eigenvalue weighted by atomic mass is 10.0. The first-order valence-electron chi connectivity index (χ1n) is 6.39. The highest BCUT2D eigenvalue weighted by Crippen LogP contribution is 2.32. The first kappa shape index (κ1) is 16.0. The van der Waals surface area contributed by atoms with Gasteiger partial charge >= 0.3 is 12.1 Å². The van der Waals surface area contributed by atoms with E-state index in [9.17, 15) is 18.0 Å². The standard InChI is InChI=1S/C14H14F3N3O2/c1-8(9-3-2-4-10(7-9)14(15,16)17)20-6-5-11(12(21)22)19-13(20)18/h2-8,13H,18H2,1H3,(H,21,22)/t8?,13-/m0/s1. The average Bonchev–Trinajstić information content (AvgIpc) is 2.45. The number of rotatable bonds is 3. The van der Waals surface area contributed by atoms with Crippen LogP contribution in [0.2, 0.25) is 0 Å². The molecule has 0 bridgehead atoms. The third-order valence-corrected chi connectivity index (χ3v) is 3.34. The van der Waals surface area contributed by atoms with E-state index >= 15 is 0 Å². The average molecular weight is 313 g/mol. The zero-order chi connectivity index (χ0) is 16.5. The van der Waals surface area contributed by atoms with E-state index in [2.05, 4.69) is 4.99 Å². The van der Waals surface area contributed by atoms with E-state index in [1.165, 1.54) is 23.2 Å². The maximum absolute atomic E-state index is 12.8. The number of nitrogens with zero attached hydrogens (tertiary/aromatic N) is 2. The van der Waals surface area contributed by atoms with Gasteiger partial charge in [-0.2, -0.15) is 13.2 Å². The summed E-state index contributed by atoms with van der Waals surface area (Å²) in [6.07, 6.45) is -2.72. The molecule has 1 aromatic rings. The van der Waals surface area contributed by atoms with Crippen LogP contribution in [0, 0.1) is 0 Å². The molecule has 1 aromatic carbocycles. The summed E-state index contributed by atoms with van der Waals surface area (Å²) in [5, 5.41) is 8.84. The molecule has 0 fully saturated rings. The van der Waals surface area contributed by atoms with Gasteiger partial charge in [0.1, 0.15) is 5.71 Å². The van der Waals surface area contributed by atoms with Crippen molar-refractivity contribution >= 4 is 11.7 Å². The summed E-state index contributed by atoms with van der Waals surface area (Å²) >= 11 is 0. The smallest absolute Gasteiger partial charge is 0.416 e. The van der Waals surface area contributed by atoms with Crippen LogP contribution in [0.1, 0.15) is 24.1 Å². The fourth-order valence-electron chi connectivity index (χ4n) is 2.13. The van der Waals surface area contributed by atoms with Crippen molar-refractivity contribution in [2.24, 2.45) is 10.7 Å². The summed E-state index contributed by atoms with van der Waals surface area (Å²) in [6.45, 7) is 1.67. The first-order chi connectivity index (χ1) is 10.2. The summed E-state index contributed by atoms with van der Waals surface area (Å²) in [7, 11) is 0. The molecule has 0 amide bonds. The highest BCUT2D eigenvalue weighted by atomic mass is 19.4. The SMILES string of the molecule is CC(c1cccc(C(F)(F)F)c1)N1C=CC(C(=O)O)=N[C@@H]1N. The third kappa shape index (κ3) is 3.28. The maximum Gasteiger partial charge on any atom is 0.416 e. The number of hydrogen-bond donors (Lipinski definition) is 2. The lowest BCUT2D eigenvalue weighted by Crippen LogP contribution is -2.42. The van der Waals surface area contributed by atoms with Crippen molar-refractivity contribution in [3.63, 3.8) is 0 Å². The summed E-state index contributed by atoms with van der Waals surface area (Å²) in [5.74, 6) is -1.21. The Bertz CT molecular complexity index is 640. The molecule has 0 aromatic heterocycles. The molecule has 22 heavy (non-hydrogen) atoms. The van der Waals surface area contributed by atoms with Gasteiger partial charge in [-0.15, -0.1) is 0 Å². The summed E-state index contributed by atoms with van der Waals surface area (Å²) in [5.41, 5.74) is 5.23. The molecular formula is C14H14F3N3O2. The summed E-state index contributed by atoms with van der Waals surface area (Å²) in [6, 6.07) is 4.41. The number of halogens is 3. The Labute approximate surface area is 124 Å². The summed E-state index contributed by atoms with van der Waals surface area (Å²) in [4.78, 5) is 16.1. The Morgan fingerprint density at radius 1 is 1.45 bits per heavy atom.